The minimum absolute atomic E-state index is 0.0162. The third-order valence-electron chi connectivity index (χ3n) is 4.52. The average Bonchev–Trinajstić information content (AvgIpc) is 3.04. The van der Waals surface area contributed by atoms with Gasteiger partial charge in [0.05, 0.1) is 16.7 Å². The first-order valence-electron chi connectivity index (χ1n) is 8.48. The maximum atomic E-state index is 11.6. The molecule has 0 saturated heterocycles. The molecule has 0 aliphatic carbocycles. The first kappa shape index (κ1) is 19.1. The number of aromatic nitrogens is 1. The van der Waals surface area contributed by atoms with Crippen LogP contribution < -0.4 is 15.9 Å². The minimum Gasteiger partial charge on any atom is -0.506 e. The molecule has 0 saturated carbocycles. The number of benzene rings is 2. The highest BCUT2D eigenvalue weighted by atomic mass is 32.1. The Morgan fingerprint density at radius 3 is 2.63 bits per heavy atom. The normalized spacial score (nSPS) is 13.6. The van der Waals surface area contributed by atoms with Crippen molar-refractivity contribution in [1.29, 1.82) is 0 Å². The van der Waals surface area contributed by atoms with Crippen molar-refractivity contribution in [1.82, 2.24) is 10.3 Å². The molecule has 2 atom stereocenters. The summed E-state index contributed by atoms with van der Waals surface area (Å²) in [5, 5.41) is 23.5. The lowest BCUT2D eigenvalue weighted by Crippen LogP contribution is -2.21. The number of phenols is 1. The fraction of sp³-hybridized carbons (Fsp3) is 0.263. The number of rotatable bonds is 7. The van der Waals surface area contributed by atoms with Crippen molar-refractivity contribution in [2.45, 2.75) is 25.5 Å². The van der Waals surface area contributed by atoms with E-state index in [-0.39, 0.29) is 29.0 Å². The van der Waals surface area contributed by atoms with E-state index in [9.17, 15) is 19.8 Å². The Morgan fingerprint density at radius 2 is 1.96 bits per heavy atom. The van der Waals surface area contributed by atoms with E-state index in [1.54, 1.807) is 13.0 Å². The van der Waals surface area contributed by atoms with E-state index in [2.05, 4.69) is 10.3 Å². The monoisotopic (exact) mass is 387 g/mol. The summed E-state index contributed by atoms with van der Waals surface area (Å²) in [7, 11) is 0. The van der Waals surface area contributed by atoms with Crippen LogP contribution >= 0.6 is 11.3 Å². The van der Waals surface area contributed by atoms with Gasteiger partial charge in [-0.25, -0.2) is 0 Å². The highest BCUT2D eigenvalue weighted by molar-refractivity contribution is 7.16. The topological polar surface area (TPSA) is 128 Å². The van der Waals surface area contributed by atoms with Crippen LogP contribution in [0.3, 0.4) is 0 Å². The maximum Gasteiger partial charge on any atom is 0.305 e. The lowest BCUT2D eigenvalue weighted by atomic mass is 9.99. The molecule has 6 N–H and O–H groups in total. The van der Waals surface area contributed by atoms with Crippen LogP contribution in [0.5, 0.6) is 5.75 Å². The Labute approximate surface area is 159 Å². The molecule has 0 fully saturated rings. The van der Waals surface area contributed by atoms with Crippen molar-refractivity contribution in [3.63, 3.8) is 0 Å². The van der Waals surface area contributed by atoms with Gasteiger partial charge in [0.2, 0.25) is 5.91 Å². The molecule has 3 rings (SSSR count). The maximum absolute atomic E-state index is 11.6. The summed E-state index contributed by atoms with van der Waals surface area (Å²) in [6, 6.07) is 10.6. The number of hydrogen-bond acceptors (Lipinski definition) is 6. The predicted octanol–water partition coefficient (Wildman–Crippen LogP) is 1.71. The van der Waals surface area contributed by atoms with Crippen LogP contribution in [0.4, 0.5) is 0 Å². The van der Waals surface area contributed by atoms with Crippen LogP contribution in [0.1, 0.15) is 35.6 Å². The number of thiazole rings is 1. The summed E-state index contributed by atoms with van der Waals surface area (Å²) in [5.41, 5.74) is 8.11. The van der Waals surface area contributed by atoms with Gasteiger partial charge < -0.3 is 26.2 Å². The fourth-order valence-corrected chi connectivity index (χ4v) is 3.77. The summed E-state index contributed by atoms with van der Waals surface area (Å²) >= 11 is 0.961. The Morgan fingerprint density at radius 1 is 1.26 bits per heavy atom. The zero-order chi connectivity index (χ0) is 19.6. The number of aromatic hydroxyl groups is 1. The number of aliphatic hydroxyl groups is 1. The van der Waals surface area contributed by atoms with Crippen LogP contribution in [-0.4, -0.2) is 27.6 Å². The number of phenolic OH excluding ortho intramolecular Hbond substituents is 1. The molecular formula is C19H21N3O4S. The van der Waals surface area contributed by atoms with Gasteiger partial charge in [0, 0.05) is 18.7 Å². The number of fused-ring (bicyclic) bond motifs is 1. The number of aromatic amines is 1. The van der Waals surface area contributed by atoms with Crippen molar-refractivity contribution in [3.8, 4) is 5.75 Å². The molecule has 7 nitrogen and oxygen atoms in total. The summed E-state index contributed by atoms with van der Waals surface area (Å²) in [5.74, 6) is -0.715. The largest absolute Gasteiger partial charge is 0.506 e. The average molecular weight is 387 g/mol. The second-order valence-electron chi connectivity index (χ2n) is 6.40. The summed E-state index contributed by atoms with van der Waals surface area (Å²) in [6.07, 6.45) is -0.825. The summed E-state index contributed by atoms with van der Waals surface area (Å²) < 4.78 is 0.555. The Hall–Kier alpha value is -2.68. The number of amides is 1. The number of primary amides is 1. The van der Waals surface area contributed by atoms with Crippen molar-refractivity contribution >= 4 is 27.5 Å². The number of carbonyl (C=O) groups is 1. The van der Waals surface area contributed by atoms with Crippen LogP contribution in [0.2, 0.25) is 0 Å². The molecule has 1 amide bonds. The quantitative estimate of drug-likeness (QED) is 0.422. The zero-order valence-electron chi connectivity index (χ0n) is 14.7. The number of nitrogens with two attached hydrogens (primary N) is 1. The molecule has 2 unspecified atom stereocenters. The smallest absolute Gasteiger partial charge is 0.305 e. The van der Waals surface area contributed by atoms with Gasteiger partial charge in [-0.3, -0.25) is 9.59 Å². The van der Waals surface area contributed by atoms with Crippen LogP contribution in [0, 0.1) is 0 Å². The lowest BCUT2D eigenvalue weighted by Gasteiger charge is -2.14. The lowest BCUT2D eigenvalue weighted by molar-refractivity contribution is -0.119. The van der Waals surface area contributed by atoms with E-state index in [1.165, 1.54) is 6.07 Å². The van der Waals surface area contributed by atoms with Gasteiger partial charge in [0.15, 0.2) is 0 Å². The van der Waals surface area contributed by atoms with E-state index in [4.69, 9.17) is 5.73 Å². The van der Waals surface area contributed by atoms with Crippen molar-refractivity contribution in [2.75, 3.05) is 6.54 Å². The Balaban J connectivity index is 1.63. The van der Waals surface area contributed by atoms with Gasteiger partial charge in [0.25, 0.3) is 0 Å². The van der Waals surface area contributed by atoms with Crippen molar-refractivity contribution < 1.29 is 15.0 Å². The minimum atomic E-state index is -0.825. The molecule has 2 aromatic carbocycles. The molecule has 0 bridgehead atoms. The number of carbonyl (C=O) groups excluding carboxylic acids is 1. The van der Waals surface area contributed by atoms with Crippen molar-refractivity contribution in [3.05, 3.63) is 62.8 Å². The molecular weight excluding hydrogens is 366 g/mol. The van der Waals surface area contributed by atoms with Gasteiger partial charge in [-0.1, -0.05) is 41.7 Å². The van der Waals surface area contributed by atoms with Crippen molar-refractivity contribution in [2.24, 2.45) is 5.73 Å². The Kier molecular flexibility index (Phi) is 5.59. The summed E-state index contributed by atoms with van der Waals surface area (Å²) in [4.78, 5) is 25.1. The molecule has 0 radical (unpaired) electrons. The van der Waals surface area contributed by atoms with Gasteiger partial charge >= 0.3 is 4.87 Å². The second-order valence-corrected chi connectivity index (χ2v) is 7.39. The van der Waals surface area contributed by atoms with E-state index >= 15 is 0 Å². The highest BCUT2D eigenvalue weighted by Crippen LogP contribution is 2.31. The van der Waals surface area contributed by atoms with E-state index in [0.29, 0.717) is 22.3 Å². The van der Waals surface area contributed by atoms with E-state index in [1.807, 2.05) is 24.3 Å². The standard InChI is InChI=1S/C19H21N3O4S/c1-10(18(20)25)12-4-2-11(3-5-12)8-21-9-15(24)13-6-7-14(23)16-17(13)27-19(26)22-16/h2-7,10,15,21,23-24H,8-9H2,1H3,(H2,20,25)(H,22,26). The summed E-state index contributed by atoms with van der Waals surface area (Å²) in [6.45, 7) is 2.58. The molecule has 3 aromatic rings. The van der Waals surface area contributed by atoms with Crippen LogP contribution in [0.25, 0.3) is 10.2 Å². The number of hydrogen-bond donors (Lipinski definition) is 5. The van der Waals surface area contributed by atoms with Gasteiger partial charge in [-0.15, -0.1) is 0 Å². The zero-order valence-corrected chi connectivity index (χ0v) is 15.5. The third kappa shape index (κ3) is 4.19. The van der Waals surface area contributed by atoms with E-state index in [0.717, 1.165) is 22.5 Å². The van der Waals surface area contributed by atoms with Gasteiger partial charge in [-0.2, -0.15) is 0 Å². The molecule has 1 aromatic heterocycles. The third-order valence-corrected chi connectivity index (χ3v) is 5.45. The van der Waals surface area contributed by atoms with Gasteiger partial charge in [0.1, 0.15) is 11.3 Å². The molecule has 0 aliphatic heterocycles. The molecule has 0 aliphatic rings. The number of aliphatic hydroxyl groups excluding tert-OH is 1. The first-order valence-corrected chi connectivity index (χ1v) is 9.30. The molecule has 0 spiro atoms. The Bertz CT molecular complexity index is 1010. The van der Waals surface area contributed by atoms with Crippen LogP contribution in [0.15, 0.2) is 41.2 Å². The predicted molar refractivity (Wildman–Crippen MR) is 105 cm³/mol. The number of H-pyrrole nitrogens is 1. The fourth-order valence-electron chi connectivity index (χ4n) is 2.85. The molecule has 1 heterocycles. The first-order chi connectivity index (χ1) is 12.9. The molecule has 142 valence electrons. The van der Waals surface area contributed by atoms with Gasteiger partial charge in [-0.05, 0) is 24.1 Å². The number of nitrogens with one attached hydrogen (secondary N) is 2. The van der Waals surface area contributed by atoms with Crippen LogP contribution in [-0.2, 0) is 11.3 Å². The molecule has 8 heteroatoms. The highest BCUT2D eigenvalue weighted by Gasteiger charge is 2.16. The second kappa shape index (κ2) is 7.91. The van der Waals surface area contributed by atoms with E-state index < -0.39 is 6.10 Å². The SMILES string of the molecule is CC(C(N)=O)c1ccc(CNCC(O)c2ccc(O)c3[nH]c(=O)sc23)cc1. The molecule has 27 heavy (non-hydrogen) atoms.